The molecule has 0 aliphatic heterocycles. The van der Waals surface area contributed by atoms with Crippen LogP contribution in [0.1, 0.15) is 23.1 Å². The molecule has 0 aliphatic rings. The highest BCUT2D eigenvalue weighted by atomic mass is 19.1. The predicted molar refractivity (Wildman–Crippen MR) is 124 cm³/mol. The largest absolute Gasteiger partial charge is 0.382 e. The SMILES string of the molecule is Cc1cc(Nc2nc(C(O)c3ccc(F)cc3)c(-c3ccc(F)cc3)c3ccccc23)n[nH]1. The van der Waals surface area contributed by atoms with E-state index < -0.39 is 11.9 Å². The van der Waals surface area contributed by atoms with E-state index in [1.165, 1.54) is 36.4 Å². The molecule has 1 unspecified atom stereocenters. The molecule has 1 atom stereocenters. The number of hydrogen-bond acceptors (Lipinski definition) is 4. The fourth-order valence-electron chi connectivity index (χ4n) is 3.90. The van der Waals surface area contributed by atoms with E-state index in [9.17, 15) is 13.9 Å². The van der Waals surface area contributed by atoms with Crippen LogP contribution in [0.4, 0.5) is 20.4 Å². The minimum absolute atomic E-state index is 0.358. The third-order valence-electron chi connectivity index (χ3n) is 5.47. The van der Waals surface area contributed by atoms with Gasteiger partial charge in [-0.05, 0) is 47.7 Å². The lowest BCUT2D eigenvalue weighted by Crippen LogP contribution is -2.08. The van der Waals surface area contributed by atoms with Crippen molar-refractivity contribution in [3.05, 3.63) is 107 Å². The van der Waals surface area contributed by atoms with E-state index in [2.05, 4.69) is 15.5 Å². The minimum atomic E-state index is -1.14. The maximum absolute atomic E-state index is 13.7. The van der Waals surface area contributed by atoms with Crippen LogP contribution in [0.25, 0.3) is 21.9 Å². The molecule has 3 aromatic carbocycles. The van der Waals surface area contributed by atoms with Gasteiger partial charge in [0.1, 0.15) is 23.6 Å². The van der Waals surface area contributed by atoms with Crippen LogP contribution in [0, 0.1) is 18.6 Å². The highest BCUT2D eigenvalue weighted by molar-refractivity contribution is 6.03. The molecule has 2 heterocycles. The van der Waals surface area contributed by atoms with Crippen LogP contribution in [-0.2, 0) is 0 Å². The van der Waals surface area contributed by atoms with Crippen molar-refractivity contribution in [1.29, 1.82) is 0 Å². The molecule has 164 valence electrons. The van der Waals surface area contributed by atoms with Gasteiger partial charge in [-0.15, -0.1) is 0 Å². The predicted octanol–water partition coefficient (Wildman–Crippen LogP) is 6.04. The van der Waals surface area contributed by atoms with Crippen LogP contribution < -0.4 is 5.32 Å². The molecular formula is C26H20F2N4O. The van der Waals surface area contributed by atoms with Crippen LogP contribution in [0.3, 0.4) is 0 Å². The first-order valence-electron chi connectivity index (χ1n) is 10.4. The zero-order valence-electron chi connectivity index (χ0n) is 17.7. The van der Waals surface area contributed by atoms with Gasteiger partial charge in [0.2, 0.25) is 0 Å². The molecule has 0 saturated carbocycles. The molecule has 0 radical (unpaired) electrons. The van der Waals surface area contributed by atoms with Crippen molar-refractivity contribution in [1.82, 2.24) is 15.2 Å². The standard InChI is InChI=1S/C26H20F2N4O/c1-15-14-22(32-31-15)29-26-21-5-3-2-4-20(21)23(16-6-10-18(27)11-7-16)24(30-26)25(33)17-8-12-19(28)13-9-17/h2-14,25,33H,1H3,(H2,29,30,31,32). The summed E-state index contributed by atoms with van der Waals surface area (Å²) in [5, 5.41) is 23.3. The number of nitrogens with zero attached hydrogens (tertiary/aromatic N) is 2. The van der Waals surface area contributed by atoms with Gasteiger partial charge in [-0.1, -0.05) is 48.5 Å². The Balaban J connectivity index is 1.76. The summed E-state index contributed by atoms with van der Waals surface area (Å²) in [6.07, 6.45) is -1.14. The van der Waals surface area contributed by atoms with Gasteiger partial charge in [-0.3, -0.25) is 5.10 Å². The lowest BCUT2D eigenvalue weighted by molar-refractivity contribution is 0.216. The van der Waals surface area contributed by atoms with E-state index in [0.717, 1.165) is 16.5 Å². The summed E-state index contributed by atoms with van der Waals surface area (Å²) in [6.45, 7) is 1.89. The fraction of sp³-hybridized carbons (Fsp3) is 0.0769. The molecule has 5 nitrogen and oxygen atoms in total. The molecule has 3 N–H and O–H groups in total. The monoisotopic (exact) mass is 442 g/mol. The number of fused-ring (bicyclic) bond motifs is 1. The zero-order chi connectivity index (χ0) is 22.9. The maximum atomic E-state index is 13.7. The summed E-state index contributed by atoms with van der Waals surface area (Å²) in [5.74, 6) is 0.345. The van der Waals surface area contributed by atoms with Gasteiger partial charge in [0.05, 0.1) is 5.69 Å². The number of rotatable bonds is 5. The van der Waals surface area contributed by atoms with E-state index in [1.807, 2.05) is 37.3 Å². The van der Waals surface area contributed by atoms with E-state index in [4.69, 9.17) is 4.98 Å². The van der Waals surface area contributed by atoms with Gasteiger partial charge in [0.25, 0.3) is 0 Å². The van der Waals surface area contributed by atoms with Crippen molar-refractivity contribution in [3.8, 4) is 11.1 Å². The van der Waals surface area contributed by atoms with Gasteiger partial charge in [0.15, 0.2) is 5.82 Å². The van der Waals surface area contributed by atoms with Crippen molar-refractivity contribution in [2.24, 2.45) is 0 Å². The molecular weight excluding hydrogens is 422 g/mol. The molecule has 7 heteroatoms. The van der Waals surface area contributed by atoms with Gasteiger partial charge in [-0.2, -0.15) is 5.10 Å². The molecule has 0 fully saturated rings. The second-order valence-electron chi connectivity index (χ2n) is 7.79. The number of anilines is 2. The molecule has 0 spiro atoms. The van der Waals surface area contributed by atoms with Gasteiger partial charge in [-0.25, -0.2) is 13.8 Å². The normalized spacial score (nSPS) is 12.1. The van der Waals surface area contributed by atoms with Crippen LogP contribution in [0.15, 0.2) is 78.9 Å². The number of aliphatic hydroxyl groups excluding tert-OH is 1. The van der Waals surface area contributed by atoms with E-state index in [1.54, 1.807) is 12.1 Å². The number of H-pyrrole nitrogens is 1. The van der Waals surface area contributed by atoms with E-state index >= 15 is 0 Å². The highest BCUT2D eigenvalue weighted by Gasteiger charge is 2.23. The Labute approximate surface area is 188 Å². The Morgan fingerprint density at radius 2 is 1.52 bits per heavy atom. The van der Waals surface area contributed by atoms with Crippen molar-refractivity contribution >= 4 is 22.4 Å². The molecule has 0 bridgehead atoms. The number of benzene rings is 3. The number of aryl methyl sites for hydroxylation is 1. The number of pyridine rings is 1. The molecule has 5 aromatic rings. The summed E-state index contributed by atoms with van der Waals surface area (Å²) in [7, 11) is 0. The van der Waals surface area contributed by atoms with E-state index in [-0.39, 0.29) is 5.82 Å². The summed E-state index contributed by atoms with van der Waals surface area (Å²) in [4.78, 5) is 4.80. The first kappa shape index (κ1) is 20.8. The summed E-state index contributed by atoms with van der Waals surface area (Å²) in [6, 6.07) is 21.2. The molecule has 33 heavy (non-hydrogen) atoms. The van der Waals surface area contributed by atoms with Gasteiger partial charge in [0, 0.05) is 22.7 Å². The van der Waals surface area contributed by atoms with Crippen molar-refractivity contribution in [2.75, 3.05) is 5.32 Å². The Kier molecular flexibility index (Phi) is 5.32. The summed E-state index contributed by atoms with van der Waals surface area (Å²) in [5.41, 5.74) is 3.12. The number of aromatic nitrogens is 3. The number of halogens is 2. The van der Waals surface area contributed by atoms with Crippen molar-refractivity contribution < 1.29 is 13.9 Å². The third kappa shape index (κ3) is 4.06. The van der Waals surface area contributed by atoms with E-state index in [0.29, 0.717) is 34.0 Å². The molecule has 5 rings (SSSR count). The average molecular weight is 442 g/mol. The second kappa shape index (κ2) is 8.44. The molecule has 0 aliphatic carbocycles. The number of aliphatic hydroxyl groups is 1. The number of hydrogen-bond donors (Lipinski definition) is 3. The second-order valence-corrected chi connectivity index (χ2v) is 7.79. The summed E-state index contributed by atoms with van der Waals surface area (Å²) >= 11 is 0. The van der Waals surface area contributed by atoms with Crippen LogP contribution in [-0.4, -0.2) is 20.3 Å². The first-order chi connectivity index (χ1) is 16.0. The Hall–Kier alpha value is -4.10. The average Bonchev–Trinajstić information content (AvgIpc) is 3.24. The number of aromatic amines is 1. The highest BCUT2D eigenvalue weighted by Crippen LogP contribution is 2.39. The lowest BCUT2D eigenvalue weighted by Gasteiger charge is -2.20. The topological polar surface area (TPSA) is 73.8 Å². The zero-order valence-corrected chi connectivity index (χ0v) is 17.7. The first-order valence-corrected chi connectivity index (χ1v) is 10.4. The van der Waals surface area contributed by atoms with Crippen molar-refractivity contribution in [3.63, 3.8) is 0 Å². The van der Waals surface area contributed by atoms with Crippen LogP contribution in [0.2, 0.25) is 0 Å². The molecule has 0 saturated heterocycles. The summed E-state index contributed by atoms with van der Waals surface area (Å²) < 4.78 is 27.2. The quantitative estimate of drug-likeness (QED) is 0.310. The van der Waals surface area contributed by atoms with Crippen LogP contribution >= 0.6 is 0 Å². The minimum Gasteiger partial charge on any atom is -0.382 e. The fourth-order valence-corrected chi connectivity index (χ4v) is 3.90. The van der Waals surface area contributed by atoms with Crippen LogP contribution in [0.5, 0.6) is 0 Å². The lowest BCUT2D eigenvalue weighted by atomic mass is 9.92. The Morgan fingerprint density at radius 3 is 2.15 bits per heavy atom. The van der Waals surface area contributed by atoms with Gasteiger partial charge < -0.3 is 10.4 Å². The Bertz CT molecular complexity index is 1430. The molecule has 0 amide bonds. The van der Waals surface area contributed by atoms with Crippen molar-refractivity contribution in [2.45, 2.75) is 13.0 Å². The van der Waals surface area contributed by atoms with Gasteiger partial charge >= 0.3 is 0 Å². The Morgan fingerprint density at radius 1 is 0.879 bits per heavy atom. The molecule has 2 aromatic heterocycles. The maximum Gasteiger partial charge on any atom is 0.153 e. The smallest absolute Gasteiger partial charge is 0.153 e. The number of nitrogens with one attached hydrogen (secondary N) is 2. The third-order valence-corrected chi connectivity index (χ3v) is 5.47.